The van der Waals surface area contributed by atoms with Gasteiger partial charge in [-0.3, -0.25) is 4.79 Å². The largest absolute Gasteiger partial charge is 0.480 e. The molecule has 0 spiro atoms. The first kappa shape index (κ1) is 10.7. The number of hydrogen-bond donors (Lipinski definition) is 1. The molecule has 1 N–H and O–H groups in total. The lowest BCUT2D eigenvalue weighted by Gasteiger charge is -2.08. The molecular formula is C10H11IN2O2. The molecule has 1 aromatic heterocycles. The highest BCUT2D eigenvalue weighted by atomic mass is 127. The number of ether oxygens (including phenoxy) is 1. The van der Waals surface area contributed by atoms with Crippen LogP contribution in [0.4, 0.5) is 0 Å². The van der Waals surface area contributed by atoms with Crippen LogP contribution in [0.3, 0.4) is 0 Å². The van der Waals surface area contributed by atoms with Gasteiger partial charge in [-0.15, -0.1) is 0 Å². The van der Waals surface area contributed by atoms with Crippen molar-refractivity contribution in [1.29, 1.82) is 0 Å². The third kappa shape index (κ3) is 2.39. The van der Waals surface area contributed by atoms with Crippen molar-refractivity contribution < 1.29 is 9.53 Å². The second-order valence-corrected chi connectivity index (χ2v) is 4.59. The number of carbonyl (C=O) groups excluding carboxylic acids is 1. The summed E-state index contributed by atoms with van der Waals surface area (Å²) in [5, 5.41) is 2.92. The first-order chi connectivity index (χ1) is 7.22. The molecule has 0 unspecified atom stereocenters. The molecule has 0 bridgehead atoms. The number of pyridine rings is 1. The van der Waals surface area contributed by atoms with Crippen LogP contribution in [-0.2, 0) is 0 Å². The van der Waals surface area contributed by atoms with Crippen molar-refractivity contribution in [3.63, 3.8) is 0 Å². The molecule has 1 heterocycles. The lowest BCUT2D eigenvalue weighted by Crippen LogP contribution is -2.26. The molecule has 0 radical (unpaired) electrons. The topological polar surface area (TPSA) is 51.2 Å². The number of nitrogens with zero attached hydrogens (tertiary/aromatic N) is 1. The Kier molecular flexibility index (Phi) is 3.08. The SMILES string of the molecule is COc1nccc(I)c1C(=O)NC1CC1. The zero-order valence-electron chi connectivity index (χ0n) is 8.29. The number of nitrogens with one attached hydrogen (secondary N) is 1. The maximum absolute atomic E-state index is 11.9. The normalized spacial score (nSPS) is 14.8. The fourth-order valence-corrected chi connectivity index (χ4v) is 1.90. The lowest BCUT2D eigenvalue weighted by atomic mass is 10.2. The van der Waals surface area contributed by atoms with Gasteiger partial charge in [0.1, 0.15) is 5.56 Å². The van der Waals surface area contributed by atoms with Gasteiger partial charge in [0.05, 0.1) is 7.11 Å². The Labute approximate surface area is 102 Å². The molecule has 1 aliphatic carbocycles. The minimum Gasteiger partial charge on any atom is -0.480 e. The summed E-state index contributed by atoms with van der Waals surface area (Å²) in [6, 6.07) is 2.14. The molecule has 0 aromatic carbocycles. The van der Waals surface area contributed by atoms with E-state index in [9.17, 15) is 4.79 Å². The number of carbonyl (C=O) groups is 1. The van der Waals surface area contributed by atoms with Crippen LogP contribution < -0.4 is 10.1 Å². The van der Waals surface area contributed by atoms with Gasteiger partial charge in [0, 0.05) is 15.8 Å². The smallest absolute Gasteiger partial charge is 0.258 e. The molecule has 1 aromatic rings. The summed E-state index contributed by atoms with van der Waals surface area (Å²) in [6.45, 7) is 0. The van der Waals surface area contributed by atoms with Crippen molar-refractivity contribution in [3.05, 3.63) is 21.4 Å². The van der Waals surface area contributed by atoms with E-state index < -0.39 is 0 Å². The molecule has 5 heteroatoms. The zero-order valence-corrected chi connectivity index (χ0v) is 10.4. The van der Waals surface area contributed by atoms with E-state index in [0.29, 0.717) is 17.5 Å². The Hall–Kier alpha value is -0.850. The fraction of sp³-hybridized carbons (Fsp3) is 0.400. The van der Waals surface area contributed by atoms with Gasteiger partial charge in [0.25, 0.3) is 5.91 Å². The first-order valence-corrected chi connectivity index (χ1v) is 5.79. The number of rotatable bonds is 3. The Morgan fingerprint density at radius 1 is 1.67 bits per heavy atom. The quantitative estimate of drug-likeness (QED) is 0.861. The summed E-state index contributed by atoms with van der Waals surface area (Å²) < 4.78 is 5.93. The summed E-state index contributed by atoms with van der Waals surface area (Å²) >= 11 is 2.11. The molecule has 80 valence electrons. The van der Waals surface area contributed by atoms with Crippen LogP contribution in [0.25, 0.3) is 0 Å². The van der Waals surface area contributed by atoms with E-state index in [-0.39, 0.29) is 5.91 Å². The maximum Gasteiger partial charge on any atom is 0.258 e. The summed E-state index contributed by atoms with van der Waals surface area (Å²) in [5.74, 6) is 0.298. The van der Waals surface area contributed by atoms with Gasteiger partial charge < -0.3 is 10.1 Å². The lowest BCUT2D eigenvalue weighted by molar-refractivity contribution is 0.0946. The van der Waals surface area contributed by atoms with Crippen LogP contribution in [0.2, 0.25) is 0 Å². The Morgan fingerprint density at radius 3 is 3.00 bits per heavy atom. The third-order valence-electron chi connectivity index (χ3n) is 2.20. The summed E-state index contributed by atoms with van der Waals surface area (Å²) in [6.07, 6.45) is 3.78. The highest BCUT2D eigenvalue weighted by Gasteiger charge is 2.26. The minimum absolute atomic E-state index is 0.0909. The van der Waals surface area contributed by atoms with Crippen molar-refractivity contribution >= 4 is 28.5 Å². The third-order valence-corrected chi connectivity index (χ3v) is 3.10. The molecule has 1 saturated carbocycles. The monoisotopic (exact) mass is 318 g/mol. The molecule has 1 fully saturated rings. The highest BCUT2D eigenvalue weighted by Crippen LogP contribution is 2.24. The number of methoxy groups -OCH3 is 1. The maximum atomic E-state index is 11.9. The van der Waals surface area contributed by atoms with Crippen molar-refractivity contribution in [2.24, 2.45) is 0 Å². The van der Waals surface area contributed by atoms with E-state index in [1.807, 2.05) is 0 Å². The standard InChI is InChI=1S/C10H11IN2O2/c1-15-10-8(7(11)4-5-12-10)9(14)13-6-2-3-6/h4-6H,2-3H2,1H3,(H,13,14). The second kappa shape index (κ2) is 4.34. The van der Waals surface area contributed by atoms with E-state index in [2.05, 4.69) is 32.9 Å². The van der Waals surface area contributed by atoms with Gasteiger partial charge in [-0.2, -0.15) is 0 Å². The van der Waals surface area contributed by atoms with Gasteiger partial charge in [0.2, 0.25) is 5.88 Å². The molecule has 1 amide bonds. The Morgan fingerprint density at radius 2 is 2.40 bits per heavy atom. The van der Waals surface area contributed by atoms with Crippen LogP contribution in [-0.4, -0.2) is 24.0 Å². The van der Waals surface area contributed by atoms with Gasteiger partial charge in [-0.05, 0) is 41.5 Å². The summed E-state index contributed by atoms with van der Waals surface area (Å²) in [5.41, 5.74) is 0.535. The van der Waals surface area contributed by atoms with Crippen molar-refractivity contribution in [1.82, 2.24) is 10.3 Å². The highest BCUT2D eigenvalue weighted by molar-refractivity contribution is 14.1. The molecule has 0 aliphatic heterocycles. The first-order valence-electron chi connectivity index (χ1n) is 4.71. The van der Waals surface area contributed by atoms with Crippen LogP contribution in [0.5, 0.6) is 5.88 Å². The molecule has 1 aliphatic rings. The van der Waals surface area contributed by atoms with Crippen molar-refractivity contribution in [2.45, 2.75) is 18.9 Å². The van der Waals surface area contributed by atoms with Crippen LogP contribution in [0.1, 0.15) is 23.2 Å². The average Bonchev–Trinajstić information content (AvgIpc) is 3.00. The van der Waals surface area contributed by atoms with Crippen molar-refractivity contribution in [2.75, 3.05) is 7.11 Å². The number of amides is 1. The van der Waals surface area contributed by atoms with Gasteiger partial charge in [-0.25, -0.2) is 4.98 Å². The van der Waals surface area contributed by atoms with Crippen molar-refractivity contribution in [3.8, 4) is 5.88 Å². The van der Waals surface area contributed by atoms with E-state index in [1.165, 1.54) is 7.11 Å². The van der Waals surface area contributed by atoms with Gasteiger partial charge in [0.15, 0.2) is 0 Å². The fourth-order valence-electron chi connectivity index (χ4n) is 1.27. The predicted molar refractivity (Wildman–Crippen MR) is 64.0 cm³/mol. The average molecular weight is 318 g/mol. The number of hydrogen-bond acceptors (Lipinski definition) is 3. The molecule has 4 nitrogen and oxygen atoms in total. The van der Waals surface area contributed by atoms with E-state index in [1.54, 1.807) is 12.3 Å². The van der Waals surface area contributed by atoms with E-state index in [0.717, 1.165) is 16.4 Å². The number of halogens is 1. The molecule has 0 saturated heterocycles. The number of aromatic nitrogens is 1. The van der Waals surface area contributed by atoms with Crippen LogP contribution in [0.15, 0.2) is 12.3 Å². The minimum atomic E-state index is -0.0909. The molecular weight excluding hydrogens is 307 g/mol. The van der Waals surface area contributed by atoms with Gasteiger partial charge in [-0.1, -0.05) is 0 Å². The van der Waals surface area contributed by atoms with Crippen LogP contribution >= 0.6 is 22.6 Å². The van der Waals surface area contributed by atoms with Gasteiger partial charge >= 0.3 is 0 Å². The molecule has 2 rings (SSSR count). The predicted octanol–water partition coefficient (Wildman–Crippen LogP) is 1.59. The van der Waals surface area contributed by atoms with E-state index >= 15 is 0 Å². The molecule has 0 atom stereocenters. The zero-order chi connectivity index (χ0) is 10.8. The summed E-state index contributed by atoms with van der Waals surface area (Å²) in [4.78, 5) is 15.9. The second-order valence-electron chi connectivity index (χ2n) is 3.42. The Bertz CT molecular complexity index is 391. The summed E-state index contributed by atoms with van der Waals surface area (Å²) in [7, 11) is 1.52. The molecule has 15 heavy (non-hydrogen) atoms. The van der Waals surface area contributed by atoms with E-state index in [4.69, 9.17) is 4.74 Å². The van der Waals surface area contributed by atoms with Crippen LogP contribution in [0, 0.1) is 3.57 Å². The Balaban J connectivity index is 2.27.